The minimum Gasteiger partial charge on any atom is -0.495 e. The Hall–Kier alpha value is -2.97. The van der Waals surface area contributed by atoms with E-state index in [1.54, 1.807) is 29.2 Å². The van der Waals surface area contributed by atoms with E-state index in [-0.39, 0.29) is 24.9 Å². The van der Waals surface area contributed by atoms with Crippen LogP contribution in [0.4, 0.5) is 11.4 Å². The molecule has 0 aromatic heterocycles. The second-order valence-corrected chi connectivity index (χ2v) is 7.72. The highest BCUT2D eigenvalue weighted by atomic mass is 35.5. The molecule has 2 aliphatic rings. The molecule has 2 aliphatic heterocycles. The highest BCUT2D eigenvalue weighted by Gasteiger charge is 2.34. The predicted octanol–water partition coefficient (Wildman–Crippen LogP) is 2.41. The zero-order chi connectivity index (χ0) is 21.8. The Labute approximate surface area is 185 Å². The Bertz CT molecular complexity index is 964. The first-order valence-corrected chi connectivity index (χ1v) is 10.4. The molecule has 0 aliphatic carbocycles. The van der Waals surface area contributed by atoms with Crippen molar-refractivity contribution in [3.63, 3.8) is 0 Å². The van der Waals surface area contributed by atoms with Gasteiger partial charge in [0, 0.05) is 18.1 Å². The van der Waals surface area contributed by atoms with E-state index in [4.69, 9.17) is 25.8 Å². The van der Waals surface area contributed by atoms with Crippen LogP contribution in [0, 0.1) is 0 Å². The lowest BCUT2D eigenvalue weighted by Crippen LogP contribution is -2.53. The van der Waals surface area contributed by atoms with Crippen molar-refractivity contribution in [2.45, 2.75) is 6.10 Å². The van der Waals surface area contributed by atoms with Crippen LogP contribution in [-0.2, 0) is 14.3 Å². The number of halogens is 1. The molecular formula is C22H24ClN3O5. The quantitative estimate of drug-likeness (QED) is 0.761. The Balaban J connectivity index is 1.50. The van der Waals surface area contributed by atoms with Crippen LogP contribution < -0.4 is 19.7 Å². The van der Waals surface area contributed by atoms with Crippen LogP contribution in [0.15, 0.2) is 42.5 Å². The van der Waals surface area contributed by atoms with Gasteiger partial charge >= 0.3 is 0 Å². The molecule has 0 radical (unpaired) electrons. The van der Waals surface area contributed by atoms with Crippen molar-refractivity contribution in [3.05, 3.63) is 47.5 Å². The van der Waals surface area contributed by atoms with Gasteiger partial charge in [0.15, 0.2) is 6.10 Å². The molecule has 0 bridgehead atoms. The van der Waals surface area contributed by atoms with Crippen LogP contribution in [0.1, 0.15) is 0 Å². The molecule has 8 nitrogen and oxygen atoms in total. The summed E-state index contributed by atoms with van der Waals surface area (Å²) in [5.41, 5.74) is 1.25. The molecule has 2 heterocycles. The van der Waals surface area contributed by atoms with Crippen molar-refractivity contribution in [2.24, 2.45) is 0 Å². The minimum atomic E-state index is -0.693. The van der Waals surface area contributed by atoms with Gasteiger partial charge in [0.2, 0.25) is 5.91 Å². The third kappa shape index (κ3) is 4.86. The van der Waals surface area contributed by atoms with E-state index in [0.717, 1.165) is 5.69 Å². The van der Waals surface area contributed by atoms with E-state index in [9.17, 15) is 9.59 Å². The maximum absolute atomic E-state index is 13.0. The average molecular weight is 446 g/mol. The number of nitrogens with zero attached hydrogens (tertiary/aromatic N) is 2. The van der Waals surface area contributed by atoms with Crippen molar-refractivity contribution in [2.75, 3.05) is 56.7 Å². The van der Waals surface area contributed by atoms with Gasteiger partial charge < -0.3 is 29.3 Å². The zero-order valence-electron chi connectivity index (χ0n) is 17.2. The predicted molar refractivity (Wildman–Crippen MR) is 117 cm³/mol. The summed E-state index contributed by atoms with van der Waals surface area (Å²) in [5, 5.41) is 3.33. The number of ether oxygens (including phenoxy) is 3. The lowest BCUT2D eigenvalue weighted by molar-refractivity contribution is -0.142. The fourth-order valence-corrected chi connectivity index (χ4v) is 3.89. The van der Waals surface area contributed by atoms with Crippen LogP contribution in [0.2, 0.25) is 5.02 Å². The normalized spacial score (nSPS) is 18.1. The summed E-state index contributed by atoms with van der Waals surface area (Å²) in [5.74, 6) is 0.739. The monoisotopic (exact) mass is 445 g/mol. The van der Waals surface area contributed by atoms with Gasteiger partial charge in [0.05, 0.1) is 44.8 Å². The van der Waals surface area contributed by atoms with Gasteiger partial charge in [0.25, 0.3) is 5.91 Å². The molecule has 1 N–H and O–H groups in total. The van der Waals surface area contributed by atoms with Gasteiger partial charge in [-0.2, -0.15) is 0 Å². The number of amides is 2. The first-order valence-electron chi connectivity index (χ1n) is 10.1. The van der Waals surface area contributed by atoms with Crippen molar-refractivity contribution in [1.82, 2.24) is 4.90 Å². The first kappa shape index (κ1) is 21.3. The number of methoxy groups -OCH3 is 1. The molecule has 1 atom stereocenters. The summed E-state index contributed by atoms with van der Waals surface area (Å²) in [6, 6.07) is 12.4. The first-order chi connectivity index (χ1) is 15.0. The fraction of sp³-hybridized carbons (Fsp3) is 0.364. The molecule has 1 fully saturated rings. The molecule has 2 aromatic rings. The second kappa shape index (κ2) is 9.45. The van der Waals surface area contributed by atoms with Crippen LogP contribution >= 0.6 is 11.6 Å². The number of anilines is 2. The number of nitrogens with one attached hydrogen (secondary N) is 1. The average Bonchev–Trinajstić information content (AvgIpc) is 2.79. The third-order valence-corrected chi connectivity index (χ3v) is 5.46. The molecule has 2 amide bonds. The van der Waals surface area contributed by atoms with Crippen molar-refractivity contribution >= 4 is 34.8 Å². The number of fused-ring (bicyclic) bond motifs is 1. The number of carbonyl (C=O) groups is 2. The summed E-state index contributed by atoms with van der Waals surface area (Å²) >= 11 is 6.06. The number of hydrogen-bond acceptors (Lipinski definition) is 6. The van der Waals surface area contributed by atoms with E-state index in [0.29, 0.717) is 48.5 Å². The third-order valence-electron chi connectivity index (χ3n) is 5.23. The molecule has 1 unspecified atom stereocenters. The van der Waals surface area contributed by atoms with Gasteiger partial charge in [-0.05, 0) is 30.3 Å². The topological polar surface area (TPSA) is 80.3 Å². The Morgan fingerprint density at radius 3 is 2.74 bits per heavy atom. The molecule has 4 rings (SSSR count). The summed E-state index contributed by atoms with van der Waals surface area (Å²) in [6.07, 6.45) is -0.693. The zero-order valence-corrected chi connectivity index (χ0v) is 17.9. The van der Waals surface area contributed by atoms with Crippen LogP contribution in [0.5, 0.6) is 11.5 Å². The molecule has 0 saturated carbocycles. The maximum Gasteiger partial charge on any atom is 0.265 e. The summed E-state index contributed by atoms with van der Waals surface area (Å²) in [6.45, 7) is 2.42. The number of para-hydroxylation sites is 2. The van der Waals surface area contributed by atoms with Gasteiger partial charge in [0.1, 0.15) is 11.5 Å². The number of hydrogen-bond donors (Lipinski definition) is 1. The Morgan fingerprint density at radius 1 is 1.19 bits per heavy atom. The number of morpholine rings is 1. The highest BCUT2D eigenvalue weighted by molar-refractivity contribution is 6.31. The number of benzene rings is 2. The summed E-state index contributed by atoms with van der Waals surface area (Å²) < 4.78 is 16.6. The highest BCUT2D eigenvalue weighted by Crippen LogP contribution is 2.34. The summed E-state index contributed by atoms with van der Waals surface area (Å²) in [7, 11) is 1.53. The molecule has 2 aromatic carbocycles. The van der Waals surface area contributed by atoms with Crippen molar-refractivity contribution in [1.29, 1.82) is 0 Å². The standard InChI is InChI=1S/C22H24ClN3O5/c1-29-18-7-6-15(23)12-16(18)24-21(27)14-26-13-20(22(28)25-8-10-30-11-9-25)31-19-5-3-2-4-17(19)26/h2-7,12,20H,8-11,13-14H2,1H3,(H,24,27). The molecule has 164 valence electrons. The van der Waals surface area contributed by atoms with E-state index < -0.39 is 6.10 Å². The number of carbonyl (C=O) groups excluding carboxylic acids is 2. The van der Waals surface area contributed by atoms with E-state index in [1.807, 2.05) is 23.1 Å². The van der Waals surface area contributed by atoms with Gasteiger partial charge in [-0.25, -0.2) is 0 Å². The minimum absolute atomic E-state index is 0.0446. The van der Waals surface area contributed by atoms with E-state index in [1.165, 1.54) is 7.11 Å². The maximum atomic E-state index is 13.0. The number of rotatable bonds is 5. The largest absolute Gasteiger partial charge is 0.495 e. The summed E-state index contributed by atoms with van der Waals surface area (Å²) in [4.78, 5) is 29.4. The van der Waals surface area contributed by atoms with Gasteiger partial charge in [-0.15, -0.1) is 0 Å². The van der Waals surface area contributed by atoms with Crippen molar-refractivity contribution < 1.29 is 23.8 Å². The molecule has 1 saturated heterocycles. The SMILES string of the molecule is COc1ccc(Cl)cc1NC(=O)CN1CC(C(=O)N2CCOCC2)Oc2ccccc21. The second-order valence-electron chi connectivity index (χ2n) is 7.29. The molecule has 31 heavy (non-hydrogen) atoms. The molecule has 0 spiro atoms. The fourth-order valence-electron chi connectivity index (χ4n) is 3.71. The smallest absolute Gasteiger partial charge is 0.265 e. The van der Waals surface area contributed by atoms with Gasteiger partial charge in [-0.1, -0.05) is 23.7 Å². The van der Waals surface area contributed by atoms with Crippen LogP contribution in [0.25, 0.3) is 0 Å². The molecule has 9 heteroatoms. The lowest BCUT2D eigenvalue weighted by Gasteiger charge is -2.38. The Kier molecular flexibility index (Phi) is 6.48. The van der Waals surface area contributed by atoms with Crippen LogP contribution in [0.3, 0.4) is 0 Å². The Morgan fingerprint density at radius 2 is 1.97 bits per heavy atom. The van der Waals surface area contributed by atoms with E-state index in [2.05, 4.69) is 5.32 Å². The molecular weight excluding hydrogens is 422 g/mol. The van der Waals surface area contributed by atoms with Gasteiger partial charge in [-0.3, -0.25) is 9.59 Å². The van der Waals surface area contributed by atoms with Crippen molar-refractivity contribution in [3.8, 4) is 11.5 Å². The van der Waals surface area contributed by atoms with E-state index >= 15 is 0 Å². The lowest BCUT2D eigenvalue weighted by atomic mass is 10.1. The van der Waals surface area contributed by atoms with Crippen LogP contribution in [-0.4, -0.2) is 69.3 Å².